The van der Waals surface area contributed by atoms with Crippen molar-refractivity contribution < 1.29 is 23.7 Å². The van der Waals surface area contributed by atoms with Gasteiger partial charge in [-0.1, -0.05) is 0 Å². The Morgan fingerprint density at radius 2 is 1.62 bits per heavy atom. The van der Waals surface area contributed by atoms with Gasteiger partial charge in [-0.3, -0.25) is 4.79 Å². The number of benzene rings is 2. The first-order valence-electron chi connectivity index (χ1n) is 8.76. The molecule has 1 heterocycles. The number of rotatable bonds is 8. The van der Waals surface area contributed by atoms with Gasteiger partial charge in [0, 0.05) is 17.5 Å². The molecule has 1 amide bonds. The Hall–Kier alpha value is -3.26. The van der Waals surface area contributed by atoms with E-state index in [9.17, 15) is 4.79 Å². The average Bonchev–Trinajstić information content (AvgIpc) is 3.27. The van der Waals surface area contributed by atoms with E-state index in [2.05, 4.69) is 10.3 Å². The first-order valence-corrected chi connectivity index (χ1v) is 9.64. The van der Waals surface area contributed by atoms with E-state index >= 15 is 0 Å². The molecule has 0 fully saturated rings. The first-order chi connectivity index (χ1) is 14.1. The SMILES string of the molecule is COc1ccc(-c2nc(C(=O)NCc3cc(OC)c(OC)c(OC)c3)cs2)cc1. The summed E-state index contributed by atoms with van der Waals surface area (Å²) >= 11 is 1.41. The van der Waals surface area contributed by atoms with Gasteiger partial charge in [0.1, 0.15) is 16.5 Å². The van der Waals surface area contributed by atoms with Crippen LogP contribution < -0.4 is 24.3 Å². The number of carbonyl (C=O) groups excluding carboxylic acids is 1. The number of methoxy groups -OCH3 is 4. The zero-order chi connectivity index (χ0) is 20.8. The third-order valence-electron chi connectivity index (χ3n) is 4.25. The van der Waals surface area contributed by atoms with Gasteiger partial charge in [0.25, 0.3) is 5.91 Å². The highest BCUT2D eigenvalue weighted by atomic mass is 32.1. The number of hydrogen-bond donors (Lipinski definition) is 1. The number of hydrogen-bond acceptors (Lipinski definition) is 7. The lowest BCUT2D eigenvalue weighted by atomic mass is 10.1. The highest BCUT2D eigenvalue weighted by Crippen LogP contribution is 2.38. The molecule has 3 rings (SSSR count). The molecule has 152 valence electrons. The summed E-state index contributed by atoms with van der Waals surface area (Å²) in [6.45, 7) is 0.297. The standard InChI is InChI=1S/C21H22N2O5S/c1-25-15-7-5-14(6-8-15)21-23-16(12-29-21)20(24)22-11-13-9-17(26-2)19(28-4)18(10-13)27-3/h5-10,12H,11H2,1-4H3,(H,22,24). The van der Waals surface area contributed by atoms with Crippen LogP contribution >= 0.6 is 11.3 Å². The van der Waals surface area contributed by atoms with Crippen LogP contribution in [-0.2, 0) is 6.54 Å². The fourth-order valence-corrected chi connectivity index (χ4v) is 3.56. The summed E-state index contributed by atoms with van der Waals surface area (Å²) in [5, 5.41) is 5.38. The molecule has 0 aliphatic heterocycles. The van der Waals surface area contributed by atoms with E-state index in [-0.39, 0.29) is 5.91 Å². The Balaban J connectivity index is 1.70. The van der Waals surface area contributed by atoms with Gasteiger partial charge in [-0.25, -0.2) is 4.98 Å². The molecule has 1 N–H and O–H groups in total. The van der Waals surface area contributed by atoms with Crippen LogP contribution in [0, 0.1) is 0 Å². The van der Waals surface area contributed by atoms with Gasteiger partial charge >= 0.3 is 0 Å². The topological polar surface area (TPSA) is 78.9 Å². The number of ether oxygens (including phenoxy) is 4. The molecule has 0 saturated carbocycles. The van der Waals surface area contributed by atoms with Gasteiger partial charge in [-0.05, 0) is 42.0 Å². The van der Waals surface area contributed by atoms with Crippen LogP contribution in [0.15, 0.2) is 41.8 Å². The van der Waals surface area contributed by atoms with E-state index in [1.807, 2.05) is 24.3 Å². The molecule has 0 spiro atoms. The van der Waals surface area contributed by atoms with Crippen molar-refractivity contribution in [2.24, 2.45) is 0 Å². The minimum atomic E-state index is -0.255. The lowest BCUT2D eigenvalue weighted by Gasteiger charge is -2.14. The van der Waals surface area contributed by atoms with E-state index in [4.69, 9.17) is 18.9 Å². The summed E-state index contributed by atoms with van der Waals surface area (Å²) < 4.78 is 21.2. The molecule has 0 saturated heterocycles. The highest BCUT2D eigenvalue weighted by molar-refractivity contribution is 7.13. The maximum Gasteiger partial charge on any atom is 0.271 e. The Morgan fingerprint density at radius 3 is 2.17 bits per heavy atom. The van der Waals surface area contributed by atoms with Crippen molar-refractivity contribution in [1.29, 1.82) is 0 Å². The van der Waals surface area contributed by atoms with Gasteiger partial charge in [-0.2, -0.15) is 0 Å². The minimum Gasteiger partial charge on any atom is -0.497 e. The molecular weight excluding hydrogens is 392 g/mol. The second-order valence-electron chi connectivity index (χ2n) is 5.98. The number of nitrogens with zero attached hydrogens (tertiary/aromatic N) is 1. The third kappa shape index (κ3) is 4.60. The van der Waals surface area contributed by atoms with Crippen LogP contribution in [0.1, 0.15) is 16.1 Å². The van der Waals surface area contributed by atoms with Crippen LogP contribution in [0.3, 0.4) is 0 Å². The third-order valence-corrected chi connectivity index (χ3v) is 5.14. The molecular formula is C21H22N2O5S. The molecule has 0 bridgehead atoms. The average molecular weight is 414 g/mol. The Kier molecular flexibility index (Phi) is 6.56. The van der Waals surface area contributed by atoms with Crippen LogP contribution in [0.2, 0.25) is 0 Å². The Labute approximate surface area is 173 Å². The van der Waals surface area contributed by atoms with E-state index in [1.54, 1.807) is 46.0 Å². The van der Waals surface area contributed by atoms with Gasteiger partial charge in [-0.15, -0.1) is 11.3 Å². The van der Waals surface area contributed by atoms with E-state index in [1.165, 1.54) is 11.3 Å². The number of aromatic nitrogens is 1. The molecule has 2 aromatic carbocycles. The van der Waals surface area contributed by atoms with E-state index < -0.39 is 0 Å². The van der Waals surface area contributed by atoms with Crippen LogP contribution in [0.5, 0.6) is 23.0 Å². The largest absolute Gasteiger partial charge is 0.497 e. The van der Waals surface area contributed by atoms with Crippen molar-refractivity contribution in [1.82, 2.24) is 10.3 Å². The Morgan fingerprint density at radius 1 is 0.966 bits per heavy atom. The monoisotopic (exact) mass is 414 g/mol. The summed E-state index contributed by atoms with van der Waals surface area (Å²) in [6, 6.07) is 11.1. The van der Waals surface area contributed by atoms with Crippen LogP contribution in [-0.4, -0.2) is 39.3 Å². The summed E-state index contributed by atoms with van der Waals surface area (Å²) in [7, 11) is 6.27. The fraction of sp³-hybridized carbons (Fsp3) is 0.238. The first kappa shape index (κ1) is 20.5. The maximum absolute atomic E-state index is 12.5. The lowest BCUT2D eigenvalue weighted by Crippen LogP contribution is -2.23. The lowest BCUT2D eigenvalue weighted by molar-refractivity contribution is 0.0946. The van der Waals surface area contributed by atoms with Crippen molar-refractivity contribution >= 4 is 17.2 Å². The van der Waals surface area contributed by atoms with E-state index in [0.717, 1.165) is 21.9 Å². The molecule has 0 radical (unpaired) electrons. The van der Waals surface area contributed by atoms with Crippen molar-refractivity contribution in [2.45, 2.75) is 6.54 Å². The highest BCUT2D eigenvalue weighted by Gasteiger charge is 2.15. The quantitative estimate of drug-likeness (QED) is 0.604. The van der Waals surface area contributed by atoms with Gasteiger partial charge in [0.15, 0.2) is 11.5 Å². The molecule has 29 heavy (non-hydrogen) atoms. The fourth-order valence-electron chi connectivity index (χ4n) is 2.75. The summed E-state index contributed by atoms with van der Waals surface area (Å²) in [6.07, 6.45) is 0. The van der Waals surface area contributed by atoms with Crippen molar-refractivity contribution in [3.05, 3.63) is 53.0 Å². The molecule has 0 aliphatic rings. The number of nitrogens with one attached hydrogen (secondary N) is 1. The van der Waals surface area contributed by atoms with Gasteiger partial charge in [0.2, 0.25) is 5.75 Å². The summed E-state index contributed by atoms with van der Waals surface area (Å²) in [4.78, 5) is 17.0. The molecule has 1 aromatic heterocycles. The number of thiazole rings is 1. The molecule has 0 aliphatic carbocycles. The van der Waals surface area contributed by atoms with Gasteiger partial charge in [0.05, 0.1) is 28.4 Å². The van der Waals surface area contributed by atoms with Crippen LogP contribution in [0.25, 0.3) is 10.6 Å². The Bertz CT molecular complexity index is 960. The molecule has 3 aromatic rings. The van der Waals surface area contributed by atoms with E-state index in [0.29, 0.717) is 29.5 Å². The molecule has 0 atom stereocenters. The van der Waals surface area contributed by atoms with Crippen molar-refractivity contribution in [2.75, 3.05) is 28.4 Å². The normalized spacial score (nSPS) is 10.3. The second-order valence-corrected chi connectivity index (χ2v) is 6.84. The molecule has 7 nitrogen and oxygen atoms in total. The number of carbonyl (C=O) groups is 1. The maximum atomic E-state index is 12.5. The zero-order valence-corrected chi connectivity index (χ0v) is 17.5. The minimum absolute atomic E-state index is 0.255. The molecule has 8 heteroatoms. The summed E-state index contributed by atoms with van der Waals surface area (Å²) in [5.41, 5.74) is 2.12. The predicted octanol–water partition coefficient (Wildman–Crippen LogP) is 3.77. The second kappa shape index (κ2) is 9.29. The number of amides is 1. The smallest absolute Gasteiger partial charge is 0.271 e. The van der Waals surface area contributed by atoms with Crippen LogP contribution in [0.4, 0.5) is 0 Å². The summed E-state index contributed by atoms with van der Waals surface area (Å²) in [5.74, 6) is 2.09. The molecule has 0 unspecified atom stereocenters. The van der Waals surface area contributed by atoms with Crippen molar-refractivity contribution in [3.8, 4) is 33.6 Å². The van der Waals surface area contributed by atoms with Crippen molar-refractivity contribution in [3.63, 3.8) is 0 Å². The van der Waals surface area contributed by atoms with Gasteiger partial charge < -0.3 is 24.3 Å². The zero-order valence-electron chi connectivity index (χ0n) is 16.6. The predicted molar refractivity (Wildman–Crippen MR) is 111 cm³/mol.